The molecule has 2 saturated heterocycles. The highest BCUT2D eigenvalue weighted by Gasteiger charge is 2.43. The van der Waals surface area contributed by atoms with Crippen molar-refractivity contribution in [2.45, 2.75) is 50.9 Å². The highest BCUT2D eigenvalue weighted by atomic mass is 32.1. The third-order valence-corrected chi connectivity index (χ3v) is 5.53. The minimum absolute atomic E-state index is 0.0643. The van der Waals surface area contributed by atoms with Crippen LogP contribution in [0.1, 0.15) is 37.6 Å². The second kappa shape index (κ2) is 7.13. The van der Waals surface area contributed by atoms with Gasteiger partial charge in [-0.1, -0.05) is 0 Å². The number of hydrogen-bond acceptors (Lipinski definition) is 6. The van der Waals surface area contributed by atoms with Gasteiger partial charge >= 0.3 is 0 Å². The highest BCUT2D eigenvalue weighted by molar-refractivity contribution is 7.15. The van der Waals surface area contributed by atoms with Crippen molar-refractivity contribution in [1.29, 1.82) is 0 Å². The topological polar surface area (TPSA) is 71.7 Å². The number of carbonyl (C=O) groups is 1. The molecule has 2 N–H and O–H groups in total. The summed E-state index contributed by atoms with van der Waals surface area (Å²) in [6.07, 6.45) is 1.21. The van der Waals surface area contributed by atoms with Gasteiger partial charge in [-0.25, -0.2) is 13.8 Å². The lowest BCUT2D eigenvalue weighted by Crippen LogP contribution is -2.53. The molecule has 0 aromatic carbocycles. The van der Waals surface area contributed by atoms with Crippen LogP contribution in [0.5, 0.6) is 0 Å². The van der Waals surface area contributed by atoms with Gasteiger partial charge in [-0.3, -0.25) is 9.69 Å². The lowest BCUT2D eigenvalue weighted by molar-refractivity contribution is -0.153. The van der Waals surface area contributed by atoms with Crippen LogP contribution in [0.25, 0.3) is 0 Å². The Morgan fingerprint density at radius 2 is 2.12 bits per heavy atom. The molecule has 3 atom stereocenters. The van der Waals surface area contributed by atoms with Crippen molar-refractivity contribution in [2.75, 3.05) is 31.9 Å². The molecule has 2 aliphatic heterocycles. The summed E-state index contributed by atoms with van der Waals surface area (Å²) in [6.45, 7) is 5.30. The van der Waals surface area contributed by atoms with E-state index in [1.165, 1.54) is 16.2 Å². The fourth-order valence-electron chi connectivity index (χ4n) is 3.61. The first-order chi connectivity index (χ1) is 11.7. The van der Waals surface area contributed by atoms with Gasteiger partial charge in [-0.05, 0) is 13.8 Å². The van der Waals surface area contributed by atoms with Crippen LogP contribution in [-0.4, -0.2) is 65.0 Å². The summed E-state index contributed by atoms with van der Waals surface area (Å²) in [7, 11) is 0. The highest BCUT2D eigenvalue weighted by Crippen LogP contribution is 2.36. The van der Waals surface area contributed by atoms with Crippen molar-refractivity contribution in [2.24, 2.45) is 0 Å². The molecule has 140 valence electrons. The number of likely N-dealkylation sites (tertiary alicyclic amines) is 1. The number of carbonyl (C=O) groups excluding carboxylic acids is 1. The molecule has 2 fully saturated rings. The number of alkyl halides is 2. The van der Waals surface area contributed by atoms with Crippen molar-refractivity contribution < 1.29 is 18.3 Å². The number of hydrogen-bond donors (Lipinski definition) is 1. The Morgan fingerprint density at radius 3 is 2.72 bits per heavy atom. The number of halogens is 2. The van der Waals surface area contributed by atoms with Crippen molar-refractivity contribution >= 4 is 22.4 Å². The van der Waals surface area contributed by atoms with E-state index in [1.807, 2.05) is 13.8 Å². The second-order valence-corrected chi connectivity index (χ2v) is 8.06. The smallest absolute Gasteiger partial charge is 0.265 e. The van der Waals surface area contributed by atoms with E-state index in [9.17, 15) is 13.6 Å². The molecule has 2 aliphatic rings. The fourth-order valence-corrected chi connectivity index (χ4v) is 4.40. The first-order valence-electron chi connectivity index (χ1n) is 8.50. The SMILES string of the molecule is C[C@@H]1CN(CC(c2cnc(N)s2)N2CC(F)(F)CCC2=O)C[C@H](C)O1. The quantitative estimate of drug-likeness (QED) is 0.874. The Morgan fingerprint density at radius 1 is 1.44 bits per heavy atom. The molecule has 6 nitrogen and oxygen atoms in total. The van der Waals surface area contributed by atoms with Crippen molar-refractivity contribution in [1.82, 2.24) is 14.8 Å². The maximum absolute atomic E-state index is 13.9. The summed E-state index contributed by atoms with van der Waals surface area (Å²) in [6, 6.07) is -0.467. The zero-order chi connectivity index (χ0) is 18.2. The zero-order valence-corrected chi connectivity index (χ0v) is 15.3. The van der Waals surface area contributed by atoms with Gasteiger partial charge in [0.25, 0.3) is 5.92 Å². The Bertz CT molecular complexity index is 617. The number of anilines is 1. The number of amides is 1. The van der Waals surface area contributed by atoms with E-state index in [2.05, 4.69) is 9.88 Å². The summed E-state index contributed by atoms with van der Waals surface area (Å²) in [5.74, 6) is -3.09. The van der Waals surface area contributed by atoms with Gasteiger partial charge in [0.1, 0.15) is 0 Å². The molecule has 0 spiro atoms. The molecule has 1 aromatic heterocycles. The lowest BCUT2D eigenvalue weighted by Gasteiger charge is -2.42. The molecule has 0 radical (unpaired) electrons. The predicted octanol–water partition coefficient (Wildman–Crippen LogP) is 2.13. The standard InChI is InChI=1S/C16H24F2N4O2S/c1-10-6-21(7-11(2)24-10)8-12(13-5-20-15(19)25-13)22-9-16(17,18)4-3-14(22)23/h5,10-12H,3-4,6-9H2,1-2H3,(H2,19,20)/t10-,11+,12?. The molecule has 9 heteroatoms. The normalized spacial score (nSPS) is 29.0. The Labute approximate surface area is 149 Å². The van der Waals surface area contributed by atoms with E-state index in [4.69, 9.17) is 10.5 Å². The predicted molar refractivity (Wildman–Crippen MR) is 91.6 cm³/mol. The van der Waals surface area contributed by atoms with Crippen LogP contribution in [0.3, 0.4) is 0 Å². The van der Waals surface area contributed by atoms with E-state index >= 15 is 0 Å². The molecule has 25 heavy (non-hydrogen) atoms. The number of rotatable bonds is 4. The molecule has 1 unspecified atom stereocenters. The van der Waals surface area contributed by atoms with Crippen LogP contribution < -0.4 is 5.73 Å². The molecule has 0 bridgehead atoms. The van der Waals surface area contributed by atoms with Crippen LogP contribution in [0.2, 0.25) is 0 Å². The van der Waals surface area contributed by atoms with Crippen molar-refractivity contribution in [3.63, 3.8) is 0 Å². The van der Waals surface area contributed by atoms with Gasteiger partial charge in [0, 0.05) is 38.7 Å². The first kappa shape index (κ1) is 18.5. The summed E-state index contributed by atoms with van der Waals surface area (Å²) >= 11 is 1.25. The van der Waals surface area contributed by atoms with Gasteiger partial charge in [0.2, 0.25) is 5.91 Å². The largest absolute Gasteiger partial charge is 0.375 e. The average molecular weight is 374 g/mol. The van der Waals surface area contributed by atoms with Crippen molar-refractivity contribution in [3.05, 3.63) is 11.1 Å². The van der Waals surface area contributed by atoms with Gasteiger partial charge in [-0.15, -0.1) is 11.3 Å². The summed E-state index contributed by atoms with van der Waals surface area (Å²) in [5, 5.41) is 0.375. The van der Waals surface area contributed by atoms with Crippen LogP contribution in [0.15, 0.2) is 6.20 Å². The number of thiazole rings is 1. The third-order valence-electron chi connectivity index (χ3n) is 4.60. The van der Waals surface area contributed by atoms with E-state index < -0.39 is 18.5 Å². The third kappa shape index (κ3) is 4.45. The minimum Gasteiger partial charge on any atom is -0.375 e. The fraction of sp³-hybridized carbons (Fsp3) is 0.750. The van der Waals surface area contributed by atoms with Gasteiger partial charge in [-0.2, -0.15) is 0 Å². The summed E-state index contributed by atoms with van der Waals surface area (Å²) in [5.41, 5.74) is 5.73. The van der Waals surface area contributed by atoms with Crippen molar-refractivity contribution in [3.8, 4) is 0 Å². The number of morpholine rings is 1. The van der Waals surface area contributed by atoms with Crippen LogP contribution >= 0.6 is 11.3 Å². The Hall–Kier alpha value is -1.32. The maximum Gasteiger partial charge on any atom is 0.265 e. The first-order valence-corrected chi connectivity index (χ1v) is 9.31. The minimum atomic E-state index is -2.85. The number of ether oxygens (including phenoxy) is 1. The van der Waals surface area contributed by atoms with E-state index in [0.717, 1.165) is 4.88 Å². The second-order valence-electron chi connectivity index (χ2n) is 6.97. The molecular formula is C16H24F2N4O2S. The summed E-state index contributed by atoms with van der Waals surface area (Å²) in [4.78, 5) is 20.6. The molecule has 0 saturated carbocycles. The Kier molecular flexibility index (Phi) is 5.26. The molecule has 3 rings (SSSR count). The maximum atomic E-state index is 13.9. The number of nitrogens with two attached hydrogens (primary N) is 1. The zero-order valence-electron chi connectivity index (χ0n) is 14.5. The van der Waals surface area contributed by atoms with E-state index in [0.29, 0.717) is 24.8 Å². The van der Waals surface area contributed by atoms with E-state index in [-0.39, 0.29) is 31.0 Å². The van der Waals surface area contributed by atoms with Crippen LogP contribution in [-0.2, 0) is 9.53 Å². The Balaban J connectivity index is 1.83. The molecular weight excluding hydrogens is 350 g/mol. The molecule has 3 heterocycles. The molecule has 1 aromatic rings. The number of nitrogen functional groups attached to an aromatic ring is 1. The lowest BCUT2D eigenvalue weighted by atomic mass is 10.0. The van der Waals surface area contributed by atoms with Gasteiger partial charge < -0.3 is 15.4 Å². The van der Waals surface area contributed by atoms with Gasteiger partial charge in [0.05, 0.1) is 29.7 Å². The van der Waals surface area contributed by atoms with Crippen LogP contribution in [0.4, 0.5) is 13.9 Å². The van der Waals surface area contributed by atoms with Gasteiger partial charge in [0.15, 0.2) is 5.13 Å². The average Bonchev–Trinajstić information content (AvgIpc) is 2.93. The number of aromatic nitrogens is 1. The molecule has 1 amide bonds. The number of piperidine rings is 1. The van der Waals surface area contributed by atoms with E-state index in [1.54, 1.807) is 6.20 Å². The van der Waals surface area contributed by atoms with Crippen LogP contribution in [0, 0.1) is 0 Å². The summed E-state index contributed by atoms with van der Waals surface area (Å²) < 4.78 is 33.6. The monoisotopic (exact) mass is 374 g/mol. The number of nitrogens with zero attached hydrogens (tertiary/aromatic N) is 3. The molecule has 0 aliphatic carbocycles.